The highest BCUT2D eigenvalue weighted by molar-refractivity contribution is 7.17. The quantitative estimate of drug-likeness (QED) is 0.465. The fraction of sp³-hybridized carbons (Fsp3) is 0.0952. The van der Waals surface area contributed by atoms with Crippen LogP contribution in [0.25, 0.3) is 21.3 Å². The Balaban J connectivity index is 1.70. The first-order valence-electron chi connectivity index (χ1n) is 8.78. The molecule has 0 saturated carbocycles. The van der Waals surface area contributed by atoms with Gasteiger partial charge >= 0.3 is 0 Å². The minimum atomic E-state index is -0.772. The summed E-state index contributed by atoms with van der Waals surface area (Å²) >= 11 is 7.34. The van der Waals surface area contributed by atoms with Gasteiger partial charge in [-0.15, -0.1) is 11.3 Å². The third kappa shape index (κ3) is 3.74. The van der Waals surface area contributed by atoms with Gasteiger partial charge in [-0.2, -0.15) is 0 Å². The molecule has 2 N–H and O–H groups in total. The predicted octanol–water partition coefficient (Wildman–Crippen LogP) is 4.68. The first-order chi connectivity index (χ1) is 13.9. The lowest BCUT2D eigenvalue weighted by molar-refractivity contribution is -0.118. The van der Waals surface area contributed by atoms with Crippen LogP contribution in [0.3, 0.4) is 0 Å². The summed E-state index contributed by atoms with van der Waals surface area (Å²) < 4.78 is 1.32. The van der Waals surface area contributed by atoms with Crippen molar-refractivity contribution in [1.29, 1.82) is 0 Å². The van der Waals surface area contributed by atoms with E-state index in [4.69, 9.17) is 11.6 Å². The van der Waals surface area contributed by atoms with Crippen LogP contribution >= 0.6 is 22.9 Å². The molecule has 0 bridgehead atoms. The Bertz CT molecular complexity index is 1250. The van der Waals surface area contributed by atoms with E-state index in [1.165, 1.54) is 34.4 Å². The smallest absolute Gasteiger partial charge is 0.263 e. The molecule has 1 amide bonds. The number of phenols is 1. The van der Waals surface area contributed by atoms with Gasteiger partial charge in [0.05, 0.1) is 11.7 Å². The number of phenolic OH excluding ortho intramolecular Hbond substituents is 1. The zero-order valence-electron chi connectivity index (χ0n) is 15.3. The number of carbonyl (C=O) groups excluding carboxylic acids is 1. The maximum Gasteiger partial charge on any atom is 0.263 e. The van der Waals surface area contributed by atoms with E-state index in [0.29, 0.717) is 20.9 Å². The number of fused-ring (bicyclic) bond motifs is 1. The van der Waals surface area contributed by atoms with E-state index in [-0.39, 0.29) is 17.2 Å². The van der Waals surface area contributed by atoms with Gasteiger partial charge < -0.3 is 10.4 Å². The fourth-order valence-corrected chi connectivity index (χ4v) is 4.01. The van der Waals surface area contributed by atoms with Crippen molar-refractivity contribution in [2.45, 2.75) is 13.0 Å². The number of aromatic nitrogens is 2. The van der Waals surface area contributed by atoms with Crippen LogP contribution in [0, 0.1) is 0 Å². The molecule has 6 nitrogen and oxygen atoms in total. The van der Waals surface area contributed by atoms with Crippen LogP contribution in [0.1, 0.15) is 13.0 Å². The highest BCUT2D eigenvalue weighted by Crippen LogP contribution is 2.31. The molecule has 29 heavy (non-hydrogen) atoms. The number of carbonyl (C=O) groups is 1. The third-order valence-corrected chi connectivity index (χ3v) is 5.74. The molecule has 0 aliphatic heterocycles. The molecule has 0 radical (unpaired) electrons. The molecule has 0 spiro atoms. The second-order valence-electron chi connectivity index (χ2n) is 6.51. The number of nitrogens with one attached hydrogen (secondary N) is 1. The van der Waals surface area contributed by atoms with Crippen LogP contribution in [-0.2, 0) is 4.79 Å². The molecule has 4 aromatic rings. The average molecular weight is 426 g/mol. The van der Waals surface area contributed by atoms with Crippen LogP contribution in [0.5, 0.6) is 5.75 Å². The lowest BCUT2D eigenvalue weighted by atomic mass is 10.1. The monoisotopic (exact) mass is 425 g/mol. The Morgan fingerprint density at radius 2 is 1.86 bits per heavy atom. The second kappa shape index (κ2) is 7.69. The van der Waals surface area contributed by atoms with Crippen molar-refractivity contribution in [2.24, 2.45) is 0 Å². The average Bonchev–Trinajstić information content (AvgIpc) is 3.15. The van der Waals surface area contributed by atoms with Crippen molar-refractivity contribution in [2.75, 3.05) is 5.32 Å². The summed E-state index contributed by atoms with van der Waals surface area (Å²) in [5, 5.41) is 15.1. The maximum atomic E-state index is 13.2. The number of aromatic hydroxyl groups is 1. The largest absolute Gasteiger partial charge is 0.508 e. The van der Waals surface area contributed by atoms with Crippen LogP contribution in [0.2, 0.25) is 5.02 Å². The number of rotatable bonds is 4. The van der Waals surface area contributed by atoms with E-state index in [9.17, 15) is 14.7 Å². The van der Waals surface area contributed by atoms with Gasteiger partial charge in [0.2, 0.25) is 5.91 Å². The Morgan fingerprint density at radius 3 is 2.55 bits per heavy atom. The van der Waals surface area contributed by atoms with Gasteiger partial charge in [-0.05, 0) is 48.9 Å². The SMILES string of the molecule is CC(C(=O)Nc1ccc(O)cc1)n1cnc2scc(-c3ccc(Cl)cc3)c2c1=O. The first-order valence-corrected chi connectivity index (χ1v) is 10.0. The van der Waals surface area contributed by atoms with Gasteiger partial charge in [-0.3, -0.25) is 14.2 Å². The first kappa shape index (κ1) is 19.2. The number of anilines is 1. The van der Waals surface area contributed by atoms with Gasteiger partial charge in [0.25, 0.3) is 5.56 Å². The summed E-state index contributed by atoms with van der Waals surface area (Å²) in [6.45, 7) is 1.64. The Labute approximate surface area is 175 Å². The highest BCUT2D eigenvalue weighted by Gasteiger charge is 2.20. The molecule has 0 saturated heterocycles. The van der Waals surface area contributed by atoms with Crippen LogP contribution in [0.15, 0.2) is 65.0 Å². The van der Waals surface area contributed by atoms with E-state index in [1.807, 2.05) is 17.5 Å². The molecule has 2 aromatic carbocycles. The lowest BCUT2D eigenvalue weighted by Gasteiger charge is -2.15. The molecule has 2 aromatic heterocycles. The standard InChI is InChI=1S/C21H16ClN3O3S/c1-12(19(27)24-15-6-8-16(26)9-7-15)25-11-23-20-18(21(25)28)17(10-29-20)13-2-4-14(22)5-3-13/h2-12,26H,1H3,(H,24,27). The minimum absolute atomic E-state index is 0.106. The van der Waals surface area contributed by atoms with Crippen molar-refractivity contribution < 1.29 is 9.90 Å². The number of nitrogens with zero attached hydrogens (tertiary/aromatic N) is 2. The van der Waals surface area contributed by atoms with E-state index in [2.05, 4.69) is 10.3 Å². The molecular weight excluding hydrogens is 410 g/mol. The summed E-state index contributed by atoms with van der Waals surface area (Å²) in [5.74, 6) is -0.253. The molecular formula is C21H16ClN3O3S. The summed E-state index contributed by atoms with van der Waals surface area (Å²) in [7, 11) is 0. The molecule has 4 rings (SSSR count). The molecule has 1 unspecified atom stereocenters. The molecule has 0 aliphatic rings. The van der Waals surface area contributed by atoms with E-state index < -0.39 is 6.04 Å². The highest BCUT2D eigenvalue weighted by atomic mass is 35.5. The minimum Gasteiger partial charge on any atom is -0.508 e. The summed E-state index contributed by atoms with van der Waals surface area (Å²) in [4.78, 5) is 30.8. The van der Waals surface area contributed by atoms with Crippen LogP contribution in [0.4, 0.5) is 5.69 Å². The van der Waals surface area contributed by atoms with Crippen LogP contribution in [-0.4, -0.2) is 20.6 Å². The lowest BCUT2D eigenvalue weighted by Crippen LogP contribution is -2.31. The molecule has 146 valence electrons. The number of amides is 1. The third-order valence-electron chi connectivity index (χ3n) is 4.61. The van der Waals surface area contributed by atoms with E-state index in [0.717, 1.165) is 11.1 Å². The molecule has 1 atom stereocenters. The van der Waals surface area contributed by atoms with Crippen molar-refractivity contribution in [3.8, 4) is 16.9 Å². The summed E-state index contributed by atoms with van der Waals surface area (Å²) in [6, 6.07) is 12.6. The maximum absolute atomic E-state index is 13.2. The van der Waals surface area contributed by atoms with Gasteiger partial charge in [-0.25, -0.2) is 4.98 Å². The number of hydrogen-bond acceptors (Lipinski definition) is 5. The Morgan fingerprint density at radius 1 is 1.17 bits per heavy atom. The van der Waals surface area contributed by atoms with Crippen molar-refractivity contribution in [3.63, 3.8) is 0 Å². The number of halogens is 1. The molecule has 2 heterocycles. The van der Waals surface area contributed by atoms with Gasteiger partial charge in [0.1, 0.15) is 16.6 Å². The van der Waals surface area contributed by atoms with Gasteiger partial charge in [-0.1, -0.05) is 23.7 Å². The fourth-order valence-electron chi connectivity index (χ4n) is 2.98. The van der Waals surface area contributed by atoms with E-state index in [1.54, 1.807) is 31.2 Å². The number of thiophene rings is 1. The van der Waals surface area contributed by atoms with Crippen molar-refractivity contribution >= 4 is 44.7 Å². The van der Waals surface area contributed by atoms with Crippen molar-refractivity contribution in [1.82, 2.24) is 9.55 Å². The van der Waals surface area contributed by atoms with Gasteiger partial charge in [0, 0.05) is 21.7 Å². The Hall–Kier alpha value is -3.16. The summed E-state index contributed by atoms with van der Waals surface area (Å²) in [6.07, 6.45) is 1.40. The van der Waals surface area contributed by atoms with Gasteiger partial charge in [0.15, 0.2) is 0 Å². The Kier molecular flexibility index (Phi) is 5.08. The number of hydrogen-bond donors (Lipinski definition) is 2. The predicted molar refractivity (Wildman–Crippen MR) is 116 cm³/mol. The molecule has 0 aliphatic carbocycles. The zero-order valence-corrected chi connectivity index (χ0v) is 16.9. The zero-order chi connectivity index (χ0) is 20.5. The van der Waals surface area contributed by atoms with Crippen LogP contribution < -0.4 is 10.9 Å². The number of benzene rings is 2. The second-order valence-corrected chi connectivity index (χ2v) is 7.80. The van der Waals surface area contributed by atoms with E-state index >= 15 is 0 Å². The van der Waals surface area contributed by atoms with Crippen molar-refractivity contribution in [3.05, 3.63) is 75.6 Å². The normalized spacial score (nSPS) is 12.1. The molecule has 8 heteroatoms. The molecule has 0 fully saturated rings. The topological polar surface area (TPSA) is 84.2 Å². The summed E-state index contributed by atoms with van der Waals surface area (Å²) in [5.41, 5.74) is 1.87.